The van der Waals surface area contributed by atoms with Crippen LogP contribution in [0.1, 0.15) is 19.8 Å². The first-order valence-corrected chi connectivity index (χ1v) is 3.55. The Bertz CT molecular complexity index is 160. The van der Waals surface area contributed by atoms with Crippen LogP contribution in [-0.4, -0.2) is 19.2 Å². The molecule has 0 aromatic heterocycles. The first kappa shape index (κ1) is 9.83. The van der Waals surface area contributed by atoms with Crippen molar-refractivity contribution >= 4 is 6.09 Å². The Balaban J connectivity index is 3.70. The van der Waals surface area contributed by atoms with Crippen LogP contribution in [0.5, 0.6) is 0 Å². The summed E-state index contributed by atoms with van der Waals surface area (Å²) in [5, 5.41) is 2.52. The van der Waals surface area contributed by atoms with E-state index in [0.29, 0.717) is 0 Å². The molecule has 62 valence electrons. The minimum absolute atomic E-state index is 0.201. The zero-order chi connectivity index (χ0) is 8.69. The van der Waals surface area contributed by atoms with E-state index in [1.807, 2.05) is 6.92 Å². The molecule has 0 aromatic carbocycles. The molecule has 1 amide bonds. The number of rotatable bonds is 3. The second-order valence-electron chi connectivity index (χ2n) is 2.14. The maximum Gasteiger partial charge on any atom is 0.407 e. The molecule has 0 aliphatic carbocycles. The van der Waals surface area contributed by atoms with Crippen molar-refractivity contribution < 1.29 is 9.53 Å². The van der Waals surface area contributed by atoms with E-state index in [0.717, 1.165) is 12.8 Å². The normalized spacial score (nSPS) is 11.4. The molecule has 1 unspecified atom stereocenters. The molecule has 0 aromatic rings. The number of methoxy groups -OCH3 is 1. The molecule has 0 aliphatic heterocycles. The van der Waals surface area contributed by atoms with E-state index in [1.165, 1.54) is 7.11 Å². The van der Waals surface area contributed by atoms with Crippen molar-refractivity contribution in [2.45, 2.75) is 25.8 Å². The van der Waals surface area contributed by atoms with Crippen molar-refractivity contribution in [3.8, 4) is 12.3 Å². The lowest BCUT2D eigenvalue weighted by atomic mass is 10.2. The number of nitrogens with one attached hydrogen (secondary N) is 1. The van der Waals surface area contributed by atoms with E-state index in [-0.39, 0.29) is 6.04 Å². The van der Waals surface area contributed by atoms with Crippen LogP contribution in [0.3, 0.4) is 0 Å². The summed E-state index contributed by atoms with van der Waals surface area (Å²) in [4.78, 5) is 10.6. The number of carbonyl (C=O) groups is 1. The Labute approximate surface area is 67.1 Å². The minimum Gasteiger partial charge on any atom is -0.453 e. The number of amides is 1. The van der Waals surface area contributed by atoms with Crippen LogP contribution in [0.25, 0.3) is 0 Å². The highest BCUT2D eigenvalue weighted by Gasteiger charge is 2.06. The lowest BCUT2D eigenvalue weighted by Crippen LogP contribution is -2.33. The van der Waals surface area contributed by atoms with Crippen molar-refractivity contribution in [3.63, 3.8) is 0 Å². The van der Waals surface area contributed by atoms with Crippen LogP contribution < -0.4 is 5.32 Å². The van der Waals surface area contributed by atoms with Gasteiger partial charge in [0.15, 0.2) is 0 Å². The second-order valence-corrected chi connectivity index (χ2v) is 2.14. The van der Waals surface area contributed by atoms with E-state index in [2.05, 4.69) is 16.0 Å². The summed E-state index contributed by atoms with van der Waals surface area (Å²) in [6, 6.07) is -0.201. The summed E-state index contributed by atoms with van der Waals surface area (Å²) in [5.41, 5.74) is 0. The fourth-order valence-electron chi connectivity index (χ4n) is 0.687. The highest BCUT2D eigenvalue weighted by atomic mass is 16.5. The zero-order valence-corrected chi connectivity index (χ0v) is 6.89. The van der Waals surface area contributed by atoms with Crippen molar-refractivity contribution in [1.82, 2.24) is 5.32 Å². The first-order valence-electron chi connectivity index (χ1n) is 3.55. The lowest BCUT2D eigenvalue weighted by molar-refractivity contribution is 0.168. The molecule has 0 rings (SSSR count). The van der Waals surface area contributed by atoms with Crippen LogP contribution in [0.2, 0.25) is 0 Å². The smallest absolute Gasteiger partial charge is 0.407 e. The largest absolute Gasteiger partial charge is 0.453 e. The van der Waals surface area contributed by atoms with Gasteiger partial charge in [-0.2, -0.15) is 0 Å². The number of alkyl carbamates (subject to hydrolysis) is 1. The molecule has 3 nitrogen and oxygen atoms in total. The van der Waals surface area contributed by atoms with E-state index >= 15 is 0 Å². The van der Waals surface area contributed by atoms with Gasteiger partial charge in [0.25, 0.3) is 0 Å². The molecule has 0 fully saturated rings. The predicted octanol–water partition coefficient (Wildman–Crippen LogP) is 1.14. The zero-order valence-electron chi connectivity index (χ0n) is 6.89. The fraction of sp³-hybridized carbons (Fsp3) is 0.625. The van der Waals surface area contributed by atoms with Gasteiger partial charge < -0.3 is 10.1 Å². The molecule has 3 heteroatoms. The molecule has 1 N–H and O–H groups in total. The van der Waals surface area contributed by atoms with Crippen LogP contribution in [0.15, 0.2) is 0 Å². The van der Waals surface area contributed by atoms with Crippen LogP contribution in [0.4, 0.5) is 4.79 Å². The first-order chi connectivity index (χ1) is 5.24. The Morgan fingerprint density at radius 3 is 2.82 bits per heavy atom. The molecule has 1 atom stereocenters. The average Bonchev–Trinajstić information content (AvgIpc) is 2.03. The lowest BCUT2D eigenvalue weighted by Gasteiger charge is -2.09. The standard InChI is InChI=1S/C8H13NO2/c1-4-6-7(5-2)9-8(10)11-3/h2,7H,4,6H2,1,3H3,(H,9,10). The molecule has 0 saturated heterocycles. The van der Waals surface area contributed by atoms with Crippen molar-refractivity contribution in [3.05, 3.63) is 0 Å². The third-order valence-corrected chi connectivity index (χ3v) is 1.26. The molecule has 0 saturated carbocycles. The number of hydrogen-bond acceptors (Lipinski definition) is 2. The Morgan fingerprint density at radius 2 is 2.45 bits per heavy atom. The molecular weight excluding hydrogens is 142 g/mol. The van der Waals surface area contributed by atoms with Crippen molar-refractivity contribution in [2.24, 2.45) is 0 Å². The third kappa shape index (κ3) is 4.26. The fourth-order valence-corrected chi connectivity index (χ4v) is 0.687. The van der Waals surface area contributed by atoms with Gasteiger partial charge in [-0.25, -0.2) is 4.79 Å². The van der Waals surface area contributed by atoms with Gasteiger partial charge >= 0.3 is 6.09 Å². The molecule has 11 heavy (non-hydrogen) atoms. The van der Waals surface area contributed by atoms with Gasteiger partial charge in [-0.1, -0.05) is 19.3 Å². The monoisotopic (exact) mass is 155 g/mol. The number of carbonyl (C=O) groups excluding carboxylic acids is 1. The topological polar surface area (TPSA) is 38.3 Å². The minimum atomic E-state index is -0.471. The predicted molar refractivity (Wildman–Crippen MR) is 43.1 cm³/mol. The number of ether oxygens (including phenoxy) is 1. The maximum atomic E-state index is 10.6. The van der Waals surface area contributed by atoms with Crippen molar-refractivity contribution in [1.29, 1.82) is 0 Å². The molecule has 0 radical (unpaired) electrons. The highest BCUT2D eigenvalue weighted by molar-refractivity contribution is 5.67. The molecule has 0 spiro atoms. The van der Waals surface area contributed by atoms with E-state index < -0.39 is 6.09 Å². The average molecular weight is 155 g/mol. The van der Waals surface area contributed by atoms with Gasteiger partial charge in [0.05, 0.1) is 13.2 Å². The van der Waals surface area contributed by atoms with E-state index in [1.54, 1.807) is 0 Å². The number of hydrogen-bond donors (Lipinski definition) is 1. The van der Waals surface area contributed by atoms with Gasteiger partial charge in [0, 0.05) is 0 Å². The summed E-state index contributed by atoms with van der Waals surface area (Å²) in [6.07, 6.45) is 6.40. The van der Waals surface area contributed by atoms with Gasteiger partial charge in [0.1, 0.15) is 0 Å². The molecular formula is C8H13NO2. The number of terminal acetylenes is 1. The second kappa shape index (κ2) is 5.60. The quantitative estimate of drug-likeness (QED) is 0.621. The SMILES string of the molecule is C#CC(CCC)NC(=O)OC. The maximum absolute atomic E-state index is 10.6. The molecule has 0 bridgehead atoms. The summed E-state index contributed by atoms with van der Waals surface area (Å²) in [6.45, 7) is 2.00. The third-order valence-electron chi connectivity index (χ3n) is 1.26. The molecule has 0 aliphatic rings. The summed E-state index contributed by atoms with van der Waals surface area (Å²) < 4.78 is 4.38. The Morgan fingerprint density at radius 1 is 1.82 bits per heavy atom. The van der Waals surface area contributed by atoms with Gasteiger partial charge in [0.2, 0.25) is 0 Å². The van der Waals surface area contributed by atoms with Crippen LogP contribution in [-0.2, 0) is 4.74 Å². The van der Waals surface area contributed by atoms with Crippen LogP contribution >= 0.6 is 0 Å². The van der Waals surface area contributed by atoms with Crippen LogP contribution in [0, 0.1) is 12.3 Å². The Kier molecular flexibility index (Phi) is 5.01. The summed E-state index contributed by atoms with van der Waals surface area (Å²) >= 11 is 0. The highest BCUT2D eigenvalue weighted by Crippen LogP contribution is 1.94. The molecule has 0 heterocycles. The van der Waals surface area contributed by atoms with E-state index in [4.69, 9.17) is 6.42 Å². The van der Waals surface area contributed by atoms with Crippen molar-refractivity contribution in [2.75, 3.05) is 7.11 Å². The summed E-state index contributed by atoms with van der Waals surface area (Å²) in [5.74, 6) is 2.46. The van der Waals surface area contributed by atoms with Gasteiger partial charge in [-0.15, -0.1) is 6.42 Å². The van der Waals surface area contributed by atoms with E-state index in [9.17, 15) is 4.79 Å². The summed E-state index contributed by atoms with van der Waals surface area (Å²) in [7, 11) is 1.31. The van der Waals surface area contributed by atoms with Gasteiger partial charge in [-0.3, -0.25) is 0 Å². The Hall–Kier alpha value is -1.17. The van der Waals surface area contributed by atoms with Gasteiger partial charge in [-0.05, 0) is 6.42 Å².